The Morgan fingerprint density at radius 2 is 1.97 bits per heavy atom. The van der Waals surface area contributed by atoms with Gasteiger partial charge in [-0.3, -0.25) is 9.69 Å². The third kappa shape index (κ3) is 5.91. The van der Waals surface area contributed by atoms with Crippen LogP contribution in [0.1, 0.15) is 30.4 Å². The van der Waals surface area contributed by atoms with Gasteiger partial charge < -0.3 is 19.9 Å². The highest BCUT2D eigenvalue weighted by Crippen LogP contribution is 2.31. The van der Waals surface area contributed by atoms with Gasteiger partial charge in [-0.15, -0.1) is 0 Å². The standard InChI is InChI=1S/C20H27F3N2O4/c1-24-19(27)8-16-6-7-17-18(29-16)12-28-11-15(26)10-25(17)9-13-2-4-14(5-3-13)20(21,22)23/h2-5,15-18,26H,6-12H2,1H3,(H,24,27)/t15-,16+,17+,18-/m1/s1. The number of fused-ring (bicyclic) bond motifs is 1. The molecule has 3 rings (SSSR count). The minimum atomic E-state index is -4.37. The Kier molecular flexibility index (Phi) is 7.15. The number of alkyl halides is 3. The van der Waals surface area contributed by atoms with E-state index in [1.165, 1.54) is 12.1 Å². The molecule has 162 valence electrons. The Morgan fingerprint density at radius 1 is 1.24 bits per heavy atom. The maximum atomic E-state index is 12.8. The van der Waals surface area contributed by atoms with Gasteiger partial charge in [0, 0.05) is 26.2 Å². The normalized spacial score (nSPS) is 28.9. The Morgan fingerprint density at radius 3 is 2.62 bits per heavy atom. The fraction of sp³-hybridized carbons (Fsp3) is 0.650. The zero-order valence-corrected chi connectivity index (χ0v) is 16.3. The van der Waals surface area contributed by atoms with Crippen LogP contribution >= 0.6 is 0 Å². The van der Waals surface area contributed by atoms with Gasteiger partial charge in [0.25, 0.3) is 0 Å². The summed E-state index contributed by atoms with van der Waals surface area (Å²) >= 11 is 0. The average Bonchev–Trinajstić information content (AvgIpc) is 2.66. The first-order chi connectivity index (χ1) is 13.8. The highest BCUT2D eigenvalue weighted by atomic mass is 19.4. The van der Waals surface area contributed by atoms with Crippen molar-refractivity contribution < 1.29 is 32.5 Å². The molecule has 29 heavy (non-hydrogen) atoms. The van der Waals surface area contributed by atoms with Crippen LogP contribution in [0.4, 0.5) is 13.2 Å². The minimum absolute atomic E-state index is 0.0480. The predicted octanol–water partition coefficient (Wildman–Crippen LogP) is 1.95. The van der Waals surface area contributed by atoms with Gasteiger partial charge in [-0.25, -0.2) is 0 Å². The van der Waals surface area contributed by atoms with Crippen molar-refractivity contribution in [2.24, 2.45) is 0 Å². The number of β-amino-alcohol motifs (C(OH)–C–C–N with tert-alkyl or cyclic N) is 1. The SMILES string of the molecule is CNC(=O)C[C@@H]1CC[C@H]2[C@@H](COC[C@H](O)CN2Cc2ccc(C(F)(F)F)cc2)O1. The molecular formula is C20H27F3N2O4. The molecule has 2 aliphatic rings. The Bertz CT molecular complexity index is 683. The summed E-state index contributed by atoms with van der Waals surface area (Å²) in [6.07, 6.45) is -3.79. The predicted molar refractivity (Wildman–Crippen MR) is 99.0 cm³/mol. The van der Waals surface area contributed by atoms with Gasteiger partial charge >= 0.3 is 6.18 Å². The van der Waals surface area contributed by atoms with Crippen LogP contribution in [-0.2, 0) is 27.0 Å². The number of aliphatic hydroxyl groups excluding tert-OH is 1. The second-order valence-electron chi connectivity index (χ2n) is 7.63. The molecule has 0 spiro atoms. The van der Waals surface area contributed by atoms with Crippen molar-refractivity contribution in [2.75, 3.05) is 26.8 Å². The third-order valence-corrected chi connectivity index (χ3v) is 5.45. The van der Waals surface area contributed by atoms with Crippen LogP contribution in [0.15, 0.2) is 24.3 Å². The topological polar surface area (TPSA) is 71.0 Å². The first-order valence-corrected chi connectivity index (χ1v) is 9.78. The Hall–Kier alpha value is -1.68. The smallest absolute Gasteiger partial charge is 0.389 e. The van der Waals surface area contributed by atoms with Crippen molar-refractivity contribution in [3.8, 4) is 0 Å². The van der Waals surface area contributed by atoms with Crippen LogP contribution in [0.5, 0.6) is 0 Å². The van der Waals surface area contributed by atoms with E-state index in [0.717, 1.165) is 24.1 Å². The number of hydrogen-bond acceptors (Lipinski definition) is 5. The number of aliphatic hydroxyl groups is 1. The van der Waals surface area contributed by atoms with Crippen LogP contribution < -0.4 is 5.32 Å². The summed E-state index contributed by atoms with van der Waals surface area (Å²) in [4.78, 5) is 13.7. The van der Waals surface area contributed by atoms with Gasteiger partial charge in [-0.2, -0.15) is 13.2 Å². The van der Waals surface area contributed by atoms with E-state index in [1.54, 1.807) is 7.05 Å². The van der Waals surface area contributed by atoms with E-state index < -0.39 is 17.8 Å². The molecule has 2 aliphatic heterocycles. The van der Waals surface area contributed by atoms with Gasteiger partial charge in [0.2, 0.25) is 5.91 Å². The van der Waals surface area contributed by atoms with E-state index in [9.17, 15) is 23.1 Å². The fourth-order valence-electron chi connectivity index (χ4n) is 3.97. The minimum Gasteiger partial charge on any atom is -0.389 e. The zero-order chi connectivity index (χ0) is 21.0. The first-order valence-electron chi connectivity index (χ1n) is 9.78. The number of ether oxygens (including phenoxy) is 2. The molecule has 0 aromatic heterocycles. The lowest BCUT2D eigenvalue weighted by atomic mass is 9.94. The van der Waals surface area contributed by atoms with Gasteiger partial charge in [-0.1, -0.05) is 12.1 Å². The number of carbonyl (C=O) groups excluding carboxylic acids is 1. The molecule has 1 amide bonds. The lowest BCUT2D eigenvalue weighted by Gasteiger charge is -2.44. The molecule has 0 radical (unpaired) electrons. The zero-order valence-electron chi connectivity index (χ0n) is 16.3. The van der Waals surface area contributed by atoms with Crippen LogP contribution in [-0.4, -0.2) is 67.1 Å². The van der Waals surface area contributed by atoms with E-state index in [4.69, 9.17) is 9.47 Å². The largest absolute Gasteiger partial charge is 0.416 e. The second kappa shape index (κ2) is 9.42. The van der Waals surface area contributed by atoms with Gasteiger partial charge in [0.05, 0.1) is 43.5 Å². The van der Waals surface area contributed by atoms with E-state index in [1.807, 2.05) is 0 Å². The molecule has 9 heteroatoms. The van der Waals surface area contributed by atoms with Crippen LogP contribution in [0.2, 0.25) is 0 Å². The molecule has 2 saturated heterocycles. The van der Waals surface area contributed by atoms with Crippen LogP contribution in [0.25, 0.3) is 0 Å². The second-order valence-corrected chi connectivity index (χ2v) is 7.63. The van der Waals surface area contributed by atoms with Crippen molar-refractivity contribution in [1.82, 2.24) is 10.2 Å². The van der Waals surface area contributed by atoms with Gasteiger partial charge in [-0.05, 0) is 30.5 Å². The number of amides is 1. The first kappa shape index (κ1) is 22.0. The number of nitrogens with one attached hydrogen (secondary N) is 1. The molecule has 1 aromatic carbocycles. The Balaban J connectivity index is 1.71. The van der Waals surface area contributed by atoms with E-state index in [-0.39, 0.29) is 37.2 Å². The van der Waals surface area contributed by atoms with E-state index >= 15 is 0 Å². The summed E-state index contributed by atoms with van der Waals surface area (Å²) in [5.74, 6) is -0.0859. The molecule has 0 saturated carbocycles. The number of carbonyl (C=O) groups is 1. The summed E-state index contributed by atoms with van der Waals surface area (Å²) in [6, 6.07) is 5.04. The number of nitrogens with zero attached hydrogens (tertiary/aromatic N) is 1. The van der Waals surface area contributed by atoms with Crippen molar-refractivity contribution in [1.29, 1.82) is 0 Å². The quantitative estimate of drug-likeness (QED) is 0.785. The average molecular weight is 416 g/mol. The molecule has 1 aromatic rings. The van der Waals surface area contributed by atoms with Crippen molar-refractivity contribution in [3.05, 3.63) is 35.4 Å². The van der Waals surface area contributed by atoms with Crippen LogP contribution in [0, 0.1) is 0 Å². The number of benzene rings is 1. The maximum absolute atomic E-state index is 12.8. The molecule has 2 heterocycles. The highest BCUT2D eigenvalue weighted by Gasteiger charge is 2.38. The monoisotopic (exact) mass is 416 g/mol. The summed E-state index contributed by atoms with van der Waals surface area (Å²) in [6.45, 7) is 1.21. The summed E-state index contributed by atoms with van der Waals surface area (Å²) in [5, 5.41) is 12.8. The van der Waals surface area contributed by atoms with E-state index in [0.29, 0.717) is 26.1 Å². The van der Waals surface area contributed by atoms with Crippen molar-refractivity contribution >= 4 is 5.91 Å². The molecule has 0 unspecified atom stereocenters. The maximum Gasteiger partial charge on any atom is 0.416 e. The van der Waals surface area contributed by atoms with Crippen molar-refractivity contribution in [3.63, 3.8) is 0 Å². The van der Waals surface area contributed by atoms with Crippen molar-refractivity contribution in [2.45, 2.75) is 56.3 Å². The molecule has 2 fully saturated rings. The highest BCUT2D eigenvalue weighted by molar-refractivity contribution is 5.76. The molecule has 6 nitrogen and oxygen atoms in total. The van der Waals surface area contributed by atoms with Crippen LogP contribution in [0.3, 0.4) is 0 Å². The third-order valence-electron chi connectivity index (χ3n) is 5.45. The lowest BCUT2D eigenvalue weighted by molar-refractivity contribution is -0.158. The number of halogens is 3. The van der Waals surface area contributed by atoms with Gasteiger partial charge in [0.15, 0.2) is 0 Å². The molecule has 0 bridgehead atoms. The molecule has 2 N–H and O–H groups in total. The fourth-order valence-corrected chi connectivity index (χ4v) is 3.97. The Labute approximate surface area is 168 Å². The molecule has 0 aliphatic carbocycles. The number of hydrogen-bond donors (Lipinski definition) is 2. The number of rotatable bonds is 4. The summed E-state index contributed by atoms with van der Waals surface area (Å²) in [7, 11) is 1.58. The van der Waals surface area contributed by atoms with E-state index in [2.05, 4.69) is 10.2 Å². The van der Waals surface area contributed by atoms with Gasteiger partial charge in [0.1, 0.15) is 0 Å². The summed E-state index contributed by atoms with van der Waals surface area (Å²) < 4.78 is 50.1. The lowest BCUT2D eigenvalue weighted by Crippen LogP contribution is -2.55. The molecular weight excluding hydrogens is 389 g/mol. The molecule has 4 atom stereocenters. The summed E-state index contributed by atoms with van der Waals surface area (Å²) in [5.41, 5.74) is 0.0520.